The van der Waals surface area contributed by atoms with Gasteiger partial charge in [-0.05, 0) is 33.6 Å². The quantitative estimate of drug-likeness (QED) is 0.899. The summed E-state index contributed by atoms with van der Waals surface area (Å²) in [5, 5.41) is 2.60. The number of carbonyl (C=O) groups is 1. The average molecular weight is 350 g/mol. The number of rotatable bonds is 5. The van der Waals surface area contributed by atoms with Crippen LogP contribution in [0.2, 0.25) is 0 Å². The maximum atomic E-state index is 11.8. The topological polar surface area (TPSA) is 47.6 Å². The van der Waals surface area contributed by atoms with Crippen LogP contribution < -0.4 is 14.8 Å². The van der Waals surface area contributed by atoms with Gasteiger partial charge in [0.25, 0.3) is 5.91 Å². The van der Waals surface area contributed by atoms with Gasteiger partial charge in [0, 0.05) is 7.05 Å². The van der Waals surface area contributed by atoms with Crippen LogP contribution >= 0.6 is 15.9 Å². The van der Waals surface area contributed by atoms with Gasteiger partial charge in [-0.15, -0.1) is 0 Å². The molecule has 0 atom stereocenters. The molecule has 0 heterocycles. The first-order valence-electron chi connectivity index (χ1n) is 6.42. The first-order chi connectivity index (χ1) is 10.2. The lowest BCUT2D eigenvalue weighted by atomic mass is 10.2. The van der Waals surface area contributed by atoms with Crippen LogP contribution in [0.15, 0.2) is 46.9 Å². The summed E-state index contributed by atoms with van der Waals surface area (Å²) in [6, 6.07) is 13.2. The SMILES string of the molecule is CNC(=O)c1ccc(OC)c(OCc2ccccc2)c1Br. The number of amides is 1. The third kappa shape index (κ3) is 3.55. The van der Waals surface area contributed by atoms with Crippen LogP contribution in [-0.2, 0) is 6.61 Å². The van der Waals surface area contributed by atoms with Crippen LogP contribution in [0.1, 0.15) is 15.9 Å². The minimum atomic E-state index is -0.186. The number of carbonyl (C=O) groups excluding carboxylic acids is 1. The normalized spacial score (nSPS) is 10.0. The fourth-order valence-corrected chi connectivity index (χ4v) is 2.50. The summed E-state index contributed by atoms with van der Waals surface area (Å²) < 4.78 is 11.7. The molecule has 0 spiro atoms. The van der Waals surface area contributed by atoms with E-state index in [1.807, 2.05) is 30.3 Å². The lowest BCUT2D eigenvalue weighted by molar-refractivity contribution is 0.0961. The Labute approximate surface area is 132 Å². The average Bonchev–Trinajstić information content (AvgIpc) is 2.53. The van der Waals surface area contributed by atoms with E-state index in [0.717, 1.165) is 5.56 Å². The number of ether oxygens (including phenoxy) is 2. The zero-order chi connectivity index (χ0) is 15.2. The third-order valence-corrected chi connectivity index (χ3v) is 3.77. The Hall–Kier alpha value is -2.01. The molecule has 0 bridgehead atoms. The van der Waals surface area contributed by atoms with Crippen LogP contribution in [-0.4, -0.2) is 20.1 Å². The van der Waals surface area contributed by atoms with E-state index in [-0.39, 0.29) is 5.91 Å². The maximum absolute atomic E-state index is 11.8. The largest absolute Gasteiger partial charge is 0.493 e. The summed E-state index contributed by atoms with van der Waals surface area (Å²) >= 11 is 3.42. The van der Waals surface area contributed by atoms with E-state index in [2.05, 4.69) is 21.2 Å². The number of hydrogen-bond donors (Lipinski definition) is 1. The van der Waals surface area contributed by atoms with Crippen molar-refractivity contribution in [3.8, 4) is 11.5 Å². The number of benzene rings is 2. The van der Waals surface area contributed by atoms with E-state index >= 15 is 0 Å². The Morgan fingerprint density at radius 3 is 2.52 bits per heavy atom. The first-order valence-corrected chi connectivity index (χ1v) is 7.22. The Bertz CT molecular complexity index is 629. The summed E-state index contributed by atoms with van der Waals surface area (Å²) in [4.78, 5) is 11.8. The van der Waals surface area contributed by atoms with Gasteiger partial charge in [0.2, 0.25) is 0 Å². The van der Waals surface area contributed by atoms with Gasteiger partial charge in [-0.2, -0.15) is 0 Å². The molecule has 0 aliphatic carbocycles. The second-order valence-electron chi connectivity index (χ2n) is 4.31. The highest BCUT2D eigenvalue weighted by Crippen LogP contribution is 2.38. The molecule has 1 amide bonds. The van der Waals surface area contributed by atoms with Crippen LogP contribution in [0.5, 0.6) is 11.5 Å². The van der Waals surface area contributed by atoms with E-state index in [0.29, 0.717) is 28.1 Å². The molecule has 0 unspecified atom stereocenters. The van der Waals surface area contributed by atoms with Gasteiger partial charge < -0.3 is 14.8 Å². The molecular formula is C16H16BrNO3. The molecule has 21 heavy (non-hydrogen) atoms. The second-order valence-corrected chi connectivity index (χ2v) is 5.10. The summed E-state index contributed by atoms with van der Waals surface area (Å²) in [5.74, 6) is 0.905. The predicted octanol–water partition coefficient (Wildman–Crippen LogP) is 3.40. The maximum Gasteiger partial charge on any atom is 0.252 e. The highest BCUT2D eigenvalue weighted by Gasteiger charge is 2.17. The van der Waals surface area contributed by atoms with Crippen LogP contribution in [0.4, 0.5) is 0 Å². The molecule has 2 aromatic rings. The molecule has 110 valence electrons. The molecule has 0 saturated heterocycles. The molecule has 0 fully saturated rings. The number of methoxy groups -OCH3 is 1. The lowest BCUT2D eigenvalue weighted by Crippen LogP contribution is -2.18. The molecule has 0 radical (unpaired) electrons. The van der Waals surface area contributed by atoms with Crippen molar-refractivity contribution in [1.29, 1.82) is 0 Å². The smallest absolute Gasteiger partial charge is 0.252 e. The fourth-order valence-electron chi connectivity index (χ4n) is 1.87. The molecule has 0 saturated carbocycles. The van der Waals surface area contributed by atoms with Crippen molar-refractivity contribution in [3.05, 3.63) is 58.1 Å². The van der Waals surface area contributed by atoms with Gasteiger partial charge in [-0.3, -0.25) is 4.79 Å². The lowest BCUT2D eigenvalue weighted by Gasteiger charge is -2.14. The Balaban J connectivity index is 2.30. The zero-order valence-corrected chi connectivity index (χ0v) is 13.4. The van der Waals surface area contributed by atoms with Gasteiger partial charge in [0.1, 0.15) is 6.61 Å². The van der Waals surface area contributed by atoms with Gasteiger partial charge in [-0.1, -0.05) is 30.3 Å². The van der Waals surface area contributed by atoms with Crippen molar-refractivity contribution in [2.24, 2.45) is 0 Å². The van der Waals surface area contributed by atoms with E-state index in [4.69, 9.17) is 9.47 Å². The van der Waals surface area contributed by atoms with Crippen molar-refractivity contribution in [2.45, 2.75) is 6.61 Å². The van der Waals surface area contributed by atoms with Gasteiger partial charge >= 0.3 is 0 Å². The minimum Gasteiger partial charge on any atom is -0.493 e. The second kappa shape index (κ2) is 7.13. The van der Waals surface area contributed by atoms with E-state index in [1.54, 1.807) is 26.3 Å². The molecule has 1 N–H and O–H groups in total. The molecule has 2 aromatic carbocycles. The summed E-state index contributed by atoms with van der Waals surface area (Å²) in [7, 11) is 3.15. The van der Waals surface area contributed by atoms with Crippen molar-refractivity contribution in [3.63, 3.8) is 0 Å². The molecule has 0 aliphatic heterocycles. The fraction of sp³-hybridized carbons (Fsp3) is 0.188. The van der Waals surface area contributed by atoms with Crippen molar-refractivity contribution >= 4 is 21.8 Å². The van der Waals surface area contributed by atoms with Crippen LogP contribution in [0.3, 0.4) is 0 Å². The predicted molar refractivity (Wildman–Crippen MR) is 84.9 cm³/mol. The molecular weight excluding hydrogens is 334 g/mol. The van der Waals surface area contributed by atoms with Gasteiger partial charge in [0.15, 0.2) is 11.5 Å². The summed E-state index contributed by atoms with van der Waals surface area (Å²) in [6.45, 7) is 0.396. The Morgan fingerprint density at radius 2 is 1.90 bits per heavy atom. The first kappa shape index (κ1) is 15.4. The Morgan fingerprint density at radius 1 is 1.19 bits per heavy atom. The van der Waals surface area contributed by atoms with Crippen LogP contribution in [0.25, 0.3) is 0 Å². The number of hydrogen-bond acceptors (Lipinski definition) is 3. The minimum absolute atomic E-state index is 0.186. The van der Waals surface area contributed by atoms with E-state index < -0.39 is 0 Å². The van der Waals surface area contributed by atoms with Gasteiger partial charge in [0.05, 0.1) is 17.1 Å². The van der Waals surface area contributed by atoms with E-state index in [9.17, 15) is 4.79 Å². The zero-order valence-electron chi connectivity index (χ0n) is 11.9. The standard InChI is InChI=1S/C16H16BrNO3/c1-18-16(19)12-8-9-13(20-2)15(14(12)17)21-10-11-6-4-3-5-7-11/h3-9H,10H2,1-2H3,(H,18,19). The number of nitrogens with one attached hydrogen (secondary N) is 1. The molecule has 2 rings (SSSR count). The van der Waals surface area contributed by atoms with Crippen molar-refractivity contribution < 1.29 is 14.3 Å². The highest BCUT2D eigenvalue weighted by molar-refractivity contribution is 9.10. The van der Waals surface area contributed by atoms with Crippen LogP contribution in [0, 0.1) is 0 Å². The summed E-state index contributed by atoms with van der Waals surface area (Å²) in [6.07, 6.45) is 0. The summed E-state index contributed by atoms with van der Waals surface area (Å²) in [5.41, 5.74) is 1.54. The van der Waals surface area contributed by atoms with Gasteiger partial charge in [-0.25, -0.2) is 0 Å². The molecule has 4 nitrogen and oxygen atoms in total. The third-order valence-electron chi connectivity index (χ3n) is 2.98. The Kier molecular flexibility index (Phi) is 5.22. The monoisotopic (exact) mass is 349 g/mol. The molecule has 0 aliphatic rings. The van der Waals surface area contributed by atoms with Crippen molar-refractivity contribution in [2.75, 3.05) is 14.2 Å². The number of halogens is 1. The molecule has 0 aromatic heterocycles. The van der Waals surface area contributed by atoms with Crippen molar-refractivity contribution in [1.82, 2.24) is 5.32 Å². The van der Waals surface area contributed by atoms with E-state index in [1.165, 1.54) is 0 Å². The molecule has 5 heteroatoms. The highest BCUT2D eigenvalue weighted by atomic mass is 79.9.